The van der Waals surface area contributed by atoms with Crippen LogP contribution in [-0.4, -0.2) is 53.0 Å². The van der Waals surface area contributed by atoms with Gasteiger partial charge in [-0.15, -0.1) is 0 Å². The fraction of sp³-hybridized carbons (Fsp3) is 0.381. The van der Waals surface area contributed by atoms with Crippen LogP contribution in [0, 0.1) is 0 Å². The van der Waals surface area contributed by atoms with E-state index >= 15 is 0 Å². The number of methoxy groups -OCH3 is 2. The van der Waals surface area contributed by atoms with Crippen molar-refractivity contribution in [1.82, 2.24) is 0 Å². The normalized spacial score (nSPS) is 13.7. The molecule has 2 aromatic carbocycles. The van der Waals surface area contributed by atoms with E-state index in [1.54, 1.807) is 14.2 Å². The summed E-state index contributed by atoms with van der Waals surface area (Å²) in [4.78, 5) is 14.7. The number of nitrogens with one attached hydrogen (secondary N) is 2. The zero-order valence-electron chi connectivity index (χ0n) is 16.4. The molecule has 7 nitrogen and oxygen atoms in total. The predicted molar refractivity (Wildman–Crippen MR) is 111 cm³/mol. The second-order valence-electron chi connectivity index (χ2n) is 6.41. The van der Waals surface area contributed by atoms with Gasteiger partial charge in [0.2, 0.25) is 5.91 Å². The summed E-state index contributed by atoms with van der Waals surface area (Å²) in [5, 5.41) is 6.27. The van der Waals surface area contributed by atoms with E-state index in [1.807, 2.05) is 42.5 Å². The Morgan fingerprint density at radius 3 is 2.57 bits per heavy atom. The van der Waals surface area contributed by atoms with Crippen LogP contribution < -0.4 is 25.0 Å². The average Bonchev–Trinajstić information content (AvgIpc) is 2.74. The van der Waals surface area contributed by atoms with E-state index in [-0.39, 0.29) is 5.91 Å². The lowest BCUT2D eigenvalue weighted by atomic mass is 10.2. The van der Waals surface area contributed by atoms with Crippen molar-refractivity contribution in [2.75, 3.05) is 62.6 Å². The van der Waals surface area contributed by atoms with Crippen LogP contribution in [-0.2, 0) is 9.53 Å². The van der Waals surface area contributed by atoms with Crippen LogP contribution in [0.4, 0.5) is 17.1 Å². The van der Waals surface area contributed by atoms with E-state index < -0.39 is 0 Å². The van der Waals surface area contributed by atoms with Gasteiger partial charge in [-0.3, -0.25) is 4.79 Å². The lowest BCUT2D eigenvalue weighted by Gasteiger charge is -2.30. The fourth-order valence-corrected chi connectivity index (χ4v) is 3.14. The third-order valence-electron chi connectivity index (χ3n) is 4.59. The Hall–Kier alpha value is -2.93. The molecule has 0 saturated carbocycles. The molecular weight excluding hydrogens is 358 g/mol. The molecule has 2 N–H and O–H groups in total. The largest absolute Gasteiger partial charge is 0.493 e. The fourth-order valence-electron chi connectivity index (χ4n) is 3.14. The smallest absolute Gasteiger partial charge is 0.226 e. The standard InChI is InChI=1S/C21H27N3O4/c1-26-19-8-7-16(15-20(19)27-2)22-10-9-21(25)23-17-5-3-4-6-18(17)24-11-13-28-14-12-24/h3-8,15,22H,9-14H2,1-2H3,(H,23,25). The van der Waals surface area contributed by atoms with Crippen molar-refractivity contribution < 1.29 is 19.0 Å². The van der Waals surface area contributed by atoms with Gasteiger partial charge in [-0.25, -0.2) is 0 Å². The molecule has 0 radical (unpaired) electrons. The molecule has 0 spiro atoms. The SMILES string of the molecule is COc1ccc(NCCC(=O)Nc2ccccc2N2CCOCC2)cc1OC. The minimum atomic E-state index is -0.0336. The van der Waals surface area contributed by atoms with E-state index in [0.717, 1.165) is 30.2 Å². The van der Waals surface area contributed by atoms with E-state index in [0.29, 0.717) is 37.7 Å². The number of para-hydroxylation sites is 2. The van der Waals surface area contributed by atoms with Gasteiger partial charge >= 0.3 is 0 Å². The van der Waals surface area contributed by atoms with E-state index in [4.69, 9.17) is 14.2 Å². The van der Waals surface area contributed by atoms with Crippen LogP contribution in [0.2, 0.25) is 0 Å². The van der Waals surface area contributed by atoms with Crippen molar-refractivity contribution in [3.63, 3.8) is 0 Å². The molecule has 28 heavy (non-hydrogen) atoms. The first-order chi connectivity index (χ1) is 13.7. The molecule has 0 aromatic heterocycles. The Labute approximate surface area is 165 Å². The number of carbonyl (C=O) groups excluding carboxylic acids is 1. The Morgan fingerprint density at radius 1 is 1.07 bits per heavy atom. The molecule has 1 aliphatic heterocycles. The summed E-state index contributed by atoms with van der Waals surface area (Å²) >= 11 is 0. The van der Waals surface area contributed by atoms with Crippen molar-refractivity contribution >= 4 is 23.0 Å². The number of nitrogens with zero attached hydrogens (tertiary/aromatic N) is 1. The van der Waals surface area contributed by atoms with Gasteiger partial charge in [-0.2, -0.15) is 0 Å². The summed E-state index contributed by atoms with van der Waals surface area (Å²) in [5.74, 6) is 1.29. The monoisotopic (exact) mass is 385 g/mol. The highest BCUT2D eigenvalue weighted by Gasteiger charge is 2.15. The summed E-state index contributed by atoms with van der Waals surface area (Å²) in [5.41, 5.74) is 2.74. The Bertz CT molecular complexity index is 791. The highest BCUT2D eigenvalue weighted by Crippen LogP contribution is 2.30. The Morgan fingerprint density at radius 2 is 1.82 bits per heavy atom. The van der Waals surface area contributed by atoms with Crippen LogP contribution in [0.15, 0.2) is 42.5 Å². The first kappa shape index (κ1) is 19.8. The minimum absolute atomic E-state index is 0.0336. The molecule has 1 fully saturated rings. The zero-order chi connectivity index (χ0) is 19.8. The molecule has 1 saturated heterocycles. The van der Waals surface area contributed by atoms with Crippen molar-refractivity contribution in [3.8, 4) is 11.5 Å². The van der Waals surface area contributed by atoms with Crippen LogP contribution in [0.5, 0.6) is 11.5 Å². The third kappa shape index (κ3) is 5.07. The molecular formula is C21H27N3O4. The maximum absolute atomic E-state index is 12.4. The van der Waals surface area contributed by atoms with Gasteiger partial charge in [0, 0.05) is 37.8 Å². The Balaban J connectivity index is 1.54. The van der Waals surface area contributed by atoms with Crippen LogP contribution in [0.1, 0.15) is 6.42 Å². The van der Waals surface area contributed by atoms with Crippen molar-refractivity contribution in [1.29, 1.82) is 0 Å². The second-order valence-corrected chi connectivity index (χ2v) is 6.41. The summed E-state index contributed by atoms with van der Waals surface area (Å²) in [7, 11) is 3.20. The summed E-state index contributed by atoms with van der Waals surface area (Å²) in [6.45, 7) is 3.58. The molecule has 2 aromatic rings. The second kappa shape index (κ2) is 9.85. The molecule has 0 bridgehead atoms. The van der Waals surface area contributed by atoms with Crippen molar-refractivity contribution in [2.45, 2.75) is 6.42 Å². The van der Waals surface area contributed by atoms with Gasteiger partial charge in [0.1, 0.15) is 0 Å². The molecule has 3 rings (SSSR count). The molecule has 7 heteroatoms. The number of anilines is 3. The number of carbonyl (C=O) groups is 1. The van der Waals surface area contributed by atoms with Gasteiger partial charge in [0.05, 0.1) is 38.8 Å². The molecule has 1 aliphatic rings. The quantitative estimate of drug-likeness (QED) is 0.728. The lowest BCUT2D eigenvalue weighted by Crippen LogP contribution is -2.36. The molecule has 0 aliphatic carbocycles. The lowest BCUT2D eigenvalue weighted by molar-refractivity contribution is -0.115. The third-order valence-corrected chi connectivity index (χ3v) is 4.59. The number of morpholine rings is 1. The van der Waals surface area contributed by atoms with Gasteiger partial charge in [0.25, 0.3) is 0 Å². The molecule has 1 heterocycles. The van der Waals surface area contributed by atoms with Gasteiger partial charge in [0.15, 0.2) is 11.5 Å². The molecule has 0 atom stereocenters. The van der Waals surface area contributed by atoms with E-state index in [9.17, 15) is 4.79 Å². The first-order valence-corrected chi connectivity index (χ1v) is 9.38. The van der Waals surface area contributed by atoms with Gasteiger partial charge in [-0.05, 0) is 24.3 Å². The predicted octanol–water partition coefficient (Wildman–Crippen LogP) is 2.98. The minimum Gasteiger partial charge on any atom is -0.493 e. The number of benzene rings is 2. The first-order valence-electron chi connectivity index (χ1n) is 9.38. The van der Waals surface area contributed by atoms with E-state index in [1.165, 1.54) is 0 Å². The highest BCUT2D eigenvalue weighted by atomic mass is 16.5. The number of ether oxygens (including phenoxy) is 3. The summed E-state index contributed by atoms with van der Waals surface area (Å²) < 4.78 is 15.9. The number of hydrogen-bond acceptors (Lipinski definition) is 6. The molecule has 150 valence electrons. The molecule has 0 unspecified atom stereocenters. The maximum atomic E-state index is 12.4. The van der Waals surface area contributed by atoms with Crippen LogP contribution in [0.3, 0.4) is 0 Å². The van der Waals surface area contributed by atoms with Crippen LogP contribution >= 0.6 is 0 Å². The van der Waals surface area contributed by atoms with Gasteiger partial charge < -0.3 is 29.7 Å². The summed E-state index contributed by atoms with van der Waals surface area (Å²) in [6, 6.07) is 13.5. The summed E-state index contributed by atoms with van der Waals surface area (Å²) in [6.07, 6.45) is 0.353. The zero-order valence-corrected chi connectivity index (χ0v) is 16.4. The number of hydrogen-bond donors (Lipinski definition) is 2. The topological polar surface area (TPSA) is 72.1 Å². The highest BCUT2D eigenvalue weighted by molar-refractivity contribution is 5.94. The van der Waals surface area contributed by atoms with Crippen LogP contribution in [0.25, 0.3) is 0 Å². The maximum Gasteiger partial charge on any atom is 0.226 e. The Kier molecular flexibility index (Phi) is 6.97. The van der Waals surface area contributed by atoms with Gasteiger partial charge in [-0.1, -0.05) is 12.1 Å². The van der Waals surface area contributed by atoms with Crippen molar-refractivity contribution in [3.05, 3.63) is 42.5 Å². The number of amides is 1. The average molecular weight is 385 g/mol. The molecule has 1 amide bonds. The number of rotatable bonds is 8. The van der Waals surface area contributed by atoms with E-state index in [2.05, 4.69) is 15.5 Å². The van der Waals surface area contributed by atoms with Crippen molar-refractivity contribution in [2.24, 2.45) is 0 Å².